The van der Waals surface area contributed by atoms with E-state index in [1.54, 1.807) is 0 Å². The normalized spacial score (nSPS) is 10.7. The smallest absolute Gasteiger partial charge is 0.0503 e. The number of rotatable bonds is 9. The number of anilines is 9. The predicted molar refractivity (Wildman–Crippen MR) is 195 cm³/mol. The highest BCUT2D eigenvalue weighted by Crippen LogP contribution is 2.45. The summed E-state index contributed by atoms with van der Waals surface area (Å²) in [6, 6.07) is 68.6. The van der Waals surface area contributed by atoms with Crippen LogP contribution in [0, 0.1) is 6.92 Å². The lowest BCUT2D eigenvalue weighted by molar-refractivity contribution is 1.22. The molecule has 7 aromatic rings. The fourth-order valence-electron chi connectivity index (χ4n) is 5.96. The Morgan fingerprint density at radius 1 is 0.239 bits per heavy atom. The van der Waals surface area contributed by atoms with E-state index in [4.69, 9.17) is 0 Å². The Kier molecular flexibility index (Phi) is 8.29. The number of para-hydroxylation sites is 5. The summed E-state index contributed by atoms with van der Waals surface area (Å²) in [6.45, 7) is 2.15. The SMILES string of the molecule is Cc1cccc(N(c2ccccc2)c2cc(N(c3ccccc3)c3ccccc3)cc(N(c3ccccc3)c3ccccc3)c2)c1. The second-order valence-corrected chi connectivity index (χ2v) is 11.2. The first-order valence-corrected chi connectivity index (χ1v) is 15.6. The average Bonchev–Trinajstić information content (AvgIpc) is 3.11. The number of hydrogen-bond donors (Lipinski definition) is 0. The third-order valence-corrected chi connectivity index (χ3v) is 7.99. The standard InChI is InChI=1S/C43H35N3/c1-34-18-17-29-40(30-34)46(39-27-15-6-16-28-39)43-32-41(44(35-19-7-2-8-20-35)36-21-9-3-10-22-36)31-42(33-43)45(37-23-11-4-12-24-37)38-25-13-5-14-26-38/h2-33H,1H3. The fourth-order valence-corrected chi connectivity index (χ4v) is 5.96. The molecule has 3 nitrogen and oxygen atoms in total. The van der Waals surface area contributed by atoms with Gasteiger partial charge in [-0.3, -0.25) is 0 Å². The van der Waals surface area contributed by atoms with Crippen LogP contribution in [0.5, 0.6) is 0 Å². The van der Waals surface area contributed by atoms with Crippen molar-refractivity contribution in [2.75, 3.05) is 14.7 Å². The van der Waals surface area contributed by atoms with E-state index in [2.05, 4.69) is 216 Å². The largest absolute Gasteiger partial charge is 0.310 e. The van der Waals surface area contributed by atoms with Gasteiger partial charge in [-0.05, 0) is 103 Å². The van der Waals surface area contributed by atoms with Crippen LogP contribution in [-0.2, 0) is 0 Å². The quantitative estimate of drug-likeness (QED) is 0.165. The molecule has 0 aromatic heterocycles. The molecule has 222 valence electrons. The lowest BCUT2D eigenvalue weighted by Gasteiger charge is -2.33. The molecule has 7 aromatic carbocycles. The number of aryl methyl sites for hydroxylation is 1. The van der Waals surface area contributed by atoms with Gasteiger partial charge in [0.1, 0.15) is 0 Å². The molecule has 0 atom stereocenters. The van der Waals surface area contributed by atoms with Crippen LogP contribution in [0.2, 0.25) is 0 Å². The predicted octanol–water partition coefficient (Wildman–Crippen LogP) is 12.4. The van der Waals surface area contributed by atoms with Gasteiger partial charge in [-0.2, -0.15) is 0 Å². The van der Waals surface area contributed by atoms with E-state index in [-0.39, 0.29) is 0 Å². The molecule has 0 saturated heterocycles. The molecule has 3 heteroatoms. The van der Waals surface area contributed by atoms with Crippen LogP contribution in [0.15, 0.2) is 194 Å². The lowest BCUT2D eigenvalue weighted by Crippen LogP contribution is -2.16. The first-order chi connectivity index (χ1) is 22.7. The summed E-state index contributed by atoms with van der Waals surface area (Å²) < 4.78 is 0. The van der Waals surface area contributed by atoms with Gasteiger partial charge in [-0.15, -0.1) is 0 Å². The van der Waals surface area contributed by atoms with Gasteiger partial charge in [-0.1, -0.05) is 103 Å². The Labute approximate surface area is 271 Å². The maximum absolute atomic E-state index is 2.35. The molecule has 0 amide bonds. The van der Waals surface area contributed by atoms with Crippen LogP contribution < -0.4 is 14.7 Å². The van der Waals surface area contributed by atoms with Gasteiger partial charge >= 0.3 is 0 Å². The second-order valence-electron chi connectivity index (χ2n) is 11.2. The first-order valence-electron chi connectivity index (χ1n) is 15.6. The summed E-state index contributed by atoms with van der Waals surface area (Å²) in [7, 11) is 0. The van der Waals surface area contributed by atoms with E-state index in [1.807, 2.05) is 0 Å². The van der Waals surface area contributed by atoms with E-state index in [0.717, 1.165) is 51.2 Å². The van der Waals surface area contributed by atoms with E-state index in [9.17, 15) is 0 Å². The first kappa shape index (κ1) is 28.7. The molecular weight excluding hydrogens is 558 g/mol. The zero-order valence-corrected chi connectivity index (χ0v) is 25.8. The summed E-state index contributed by atoms with van der Waals surface area (Å²) in [5, 5.41) is 0. The molecule has 46 heavy (non-hydrogen) atoms. The van der Waals surface area contributed by atoms with Crippen LogP contribution in [0.4, 0.5) is 51.2 Å². The molecule has 7 rings (SSSR count). The number of nitrogens with zero attached hydrogens (tertiary/aromatic N) is 3. The van der Waals surface area contributed by atoms with Gasteiger partial charge in [0, 0.05) is 34.1 Å². The van der Waals surface area contributed by atoms with Gasteiger partial charge in [0.25, 0.3) is 0 Å². The molecule has 0 unspecified atom stereocenters. The maximum atomic E-state index is 2.35. The van der Waals surface area contributed by atoms with E-state index < -0.39 is 0 Å². The van der Waals surface area contributed by atoms with Crippen LogP contribution in [0.25, 0.3) is 0 Å². The molecule has 0 aliphatic rings. The average molecular weight is 594 g/mol. The van der Waals surface area contributed by atoms with Crippen LogP contribution in [0.1, 0.15) is 5.56 Å². The zero-order valence-electron chi connectivity index (χ0n) is 25.8. The molecule has 0 bridgehead atoms. The highest BCUT2D eigenvalue weighted by molar-refractivity contribution is 5.89. The third-order valence-electron chi connectivity index (χ3n) is 7.99. The summed E-state index contributed by atoms with van der Waals surface area (Å²) in [4.78, 5) is 7.02. The fraction of sp³-hybridized carbons (Fsp3) is 0.0233. The van der Waals surface area contributed by atoms with Gasteiger partial charge in [0.2, 0.25) is 0 Å². The Bertz CT molecular complexity index is 1810. The van der Waals surface area contributed by atoms with Crippen molar-refractivity contribution in [1.29, 1.82) is 0 Å². The highest BCUT2D eigenvalue weighted by Gasteiger charge is 2.22. The van der Waals surface area contributed by atoms with Gasteiger partial charge in [0.15, 0.2) is 0 Å². The monoisotopic (exact) mass is 593 g/mol. The van der Waals surface area contributed by atoms with Crippen molar-refractivity contribution in [3.63, 3.8) is 0 Å². The van der Waals surface area contributed by atoms with Gasteiger partial charge < -0.3 is 14.7 Å². The van der Waals surface area contributed by atoms with Crippen molar-refractivity contribution in [2.45, 2.75) is 6.92 Å². The lowest BCUT2D eigenvalue weighted by atomic mass is 10.1. The Hall–Kier alpha value is -6.06. The van der Waals surface area contributed by atoms with Crippen molar-refractivity contribution >= 4 is 51.2 Å². The van der Waals surface area contributed by atoms with Gasteiger partial charge in [-0.25, -0.2) is 0 Å². The van der Waals surface area contributed by atoms with Crippen molar-refractivity contribution in [1.82, 2.24) is 0 Å². The molecule has 0 spiro atoms. The van der Waals surface area contributed by atoms with Crippen LogP contribution >= 0.6 is 0 Å². The van der Waals surface area contributed by atoms with Crippen LogP contribution in [-0.4, -0.2) is 0 Å². The van der Waals surface area contributed by atoms with E-state index in [0.29, 0.717) is 0 Å². The number of hydrogen-bond acceptors (Lipinski definition) is 3. The summed E-state index contributed by atoms with van der Waals surface area (Å²) >= 11 is 0. The maximum Gasteiger partial charge on any atom is 0.0503 e. The molecular formula is C43H35N3. The molecule has 0 N–H and O–H groups in total. The Morgan fingerprint density at radius 2 is 0.500 bits per heavy atom. The molecule has 0 radical (unpaired) electrons. The Morgan fingerprint density at radius 3 is 0.783 bits per heavy atom. The minimum absolute atomic E-state index is 1.05. The molecule has 0 aliphatic carbocycles. The Balaban J connectivity index is 1.53. The summed E-state index contributed by atoms with van der Waals surface area (Å²) in [5.41, 5.74) is 10.9. The molecule has 0 aliphatic heterocycles. The second kappa shape index (κ2) is 13.3. The van der Waals surface area contributed by atoms with E-state index >= 15 is 0 Å². The zero-order chi connectivity index (χ0) is 31.1. The topological polar surface area (TPSA) is 9.72 Å². The summed E-state index contributed by atoms with van der Waals surface area (Å²) in [6.07, 6.45) is 0. The molecule has 0 saturated carbocycles. The highest BCUT2D eigenvalue weighted by atomic mass is 15.2. The van der Waals surface area contributed by atoms with Crippen molar-refractivity contribution in [3.8, 4) is 0 Å². The third kappa shape index (κ3) is 6.12. The van der Waals surface area contributed by atoms with Crippen LogP contribution in [0.3, 0.4) is 0 Å². The summed E-state index contributed by atoms with van der Waals surface area (Å²) in [5.74, 6) is 0. The molecule has 0 fully saturated rings. The minimum atomic E-state index is 1.05. The van der Waals surface area contributed by atoms with Crippen molar-refractivity contribution in [2.24, 2.45) is 0 Å². The van der Waals surface area contributed by atoms with Crippen molar-refractivity contribution in [3.05, 3.63) is 200 Å². The van der Waals surface area contributed by atoms with Gasteiger partial charge in [0.05, 0.1) is 17.1 Å². The van der Waals surface area contributed by atoms with E-state index in [1.165, 1.54) is 5.56 Å². The number of benzene rings is 7. The minimum Gasteiger partial charge on any atom is -0.310 e. The van der Waals surface area contributed by atoms with Crippen molar-refractivity contribution < 1.29 is 0 Å². The molecule has 0 heterocycles.